The van der Waals surface area contributed by atoms with E-state index in [0.717, 1.165) is 17.7 Å². The van der Waals surface area contributed by atoms with Crippen LogP contribution < -0.4 is 9.46 Å². The molecule has 0 atom stereocenters. The van der Waals surface area contributed by atoms with E-state index in [-0.39, 0.29) is 5.69 Å². The Morgan fingerprint density at radius 2 is 1.78 bits per heavy atom. The zero-order valence-corrected chi connectivity index (χ0v) is 14.1. The Bertz CT molecular complexity index is 822. The first-order chi connectivity index (χ1) is 10.6. The van der Waals surface area contributed by atoms with Crippen molar-refractivity contribution < 1.29 is 26.3 Å². The van der Waals surface area contributed by atoms with Crippen LogP contribution in [0.1, 0.15) is 5.56 Å². The van der Waals surface area contributed by atoms with Crippen molar-refractivity contribution in [2.75, 3.05) is 4.72 Å². The summed E-state index contributed by atoms with van der Waals surface area (Å²) in [5.41, 5.74) is 1.10. The number of nitrogens with one attached hydrogen (secondary N) is 1. The molecule has 2 aromatic carbocycles. The summed E-state index contributed by atoms with van der Waals surface area (Å²) >= 11 is 3.26. The van der Waals surface area contributed by atoms with Gasteiger partial charge in [0.1, 0.15) is 10.6 Å². The number of hydrogen-bond acceptors (Lipinski definition) is 3. The first-order valence-corrected chi connectivity index (χ1v) is 8.50. The van der Waals surface area contributed by atoms with Crippen molar-refractivity contribution in [1.82, 2.24) is 0 Å². The molecule has 9 heteroatoms. The number of para-hydroxylation sites is 1. The highest BCUT2D eigenvalue weighted by Gasteiger charge is 2.34. The lowest BCUT2D eigenvalue weighted by molar-refractivity contribution is -0.275. The Hall–Kier alpha value is -1.74. The van der Waals surface area contributed by atoms with E-state index in [2.05, 4.69) is 25.4 Å². The number of anilines is 1. The van der Waals surface area contributed by atoms with E-state index in [1.54, 1.807) is 6.07 Å². The lowest BCUT2D eigenvalue weighted by atomic mass is 10.2. The molecule has 0 aliphatic carbocycles. The van der Waals surface area contributed by atoms with Crippen LogP contribution in [0.4, 0.5) is 18.9 Å². The van der Waals surface area contributed by atoms with Crippen LogP contribution in [0.5, 0.6) is 5.75 Å². The van der Waals surface area contributed by atoms with Gasteiger partial charge in [-0.3, -0.25) is 4.72 Å². The van der Waals surface area contributed by atoms with Crippen LogP contribution >= 0.6 is 15.9 Å². The lowest BCUT2D eigenvalue weighted by Gasteiger charge is -2.14. The van der Waals surface area contributed by atoms with Crippen LogP contribution in [0.15, 0.2) is 51.8 Å². The molecule has 0 saturated carbocycles. The van der Waals surface area contributed by atoms with Crippen LogP contribution in [0.2, 0.25) is 0 Å². The summed E-state index contributed by atoms with van der Waals surface area (Å²) in [6, 6.07) is 9.22. The maximum Gasteiger partial charge on any atom is 0.573 e. The van der Waals surface area contributed by atoms with E-state index < -0.39 is 27.0 Å². The van der Waals surface area contributed by atoms with E-state index in [9.17, 15) is 21.6 Å². The third-order valence-corrected chi connectivity index (χ3v) is 5.06. The highest BCUT2D eigenvalue weighted by Crippen LogP contribution is 2.31. The van der Waals surface area contributed by atoms with E-state index in [0.29, 0.717) is 4.47 Å². The number of ether oxygens (including phenoxy) is 1. The standard InChI is InChI=1S/C14H11BrF3NO3S/c1-9-6-7-10(8-11(9)15)19-23(20,21)13-5-3-2-4-12(13)22-14(16,17)18/h2-8,19H,1H3. The molecule has 0 aliphatic rings. The van der Waals surface area contributed by atoms with Gasteiger partial charge in [0.15, 0.2) is 0 Å². The molecule has 2 rings (SSSR count). The molecule has 0 aromatic heterocycles. The number of sulfonamides is 1. The maximum atomic E-state index is 12.4. The average Bonchev–Trinajstić information content (AvgIpc) is 2.41. The first-order valence-electron chi connectivity index (χ1n) is 6.22. The van der Waals surface area contributed by atoms with Crippen molar-refractivity contribution in [2.45, 2.75) is 18.2 Å². The molecule has 0 saturated heterocycles. The fraction of sp³-hybridized carbons (Fsp3) is 0.143. The molecule has 23 heavy (non-hydrogen) atoms. The normalized spacial score (nSPS) is 12.0. The summed E-state index contributed by atoms with van der Waals surface area (Å²) in [6.45, 7) is 1.81. The van der Waals surface area contributed by atoms with Crippen molar-refractivity contribution in [1.29, 1.82) is 0 Å². The van der Waals surface area contributed by atoms with Gasteiger partial charge in [-0.05, 0) is 36.8 Å². The monoisotopic (exact) mass is 409 g/mol. The molecule has 4 nitrogen and oxygen atoms in total. The van der Waals surface area contributed by atoms with Crippen molar-refractivity contribution in [3.8, 4) is 5.75 Å². The zero-order chi connectivity index (χ0) is 17.3. The van der Waals surface area contributed by atoms with Crippen LogP contribution in [0.3, 0.4) is 0 Å². The van der Waals surface area contributed by atoms with Gasteiger partial charge in [0.2, 0.25) is 0 Å². The molecule has 0 radical (unpaired) electrons. The number of rotatable bonds is 4. The third kappa shape index (κ3) is 4.61. The Morgan fingerprint density at radius 3 is 2.39 bits per heavy atom. The summed E-state index contributed by atoms with van der Waals surface area (Å²) in [5, 5.41) is 0. The largest absolute Gasteiger partial charge is 0.573 e. The second-order valence-corrected chi connectivity index (χ2v) is 7.07. The minimum Gasteiger partial charge on any atom is -0.404 e. The molecule has 124 valence electrons. The van der Waals surface area contributed by atoms with Gasteiger partial charge in [0, 0.05) is 10.2 Å². The summed E-state index contributed by atoms with van der Waals surface area (Å²) in [7, 11) is -4.24. The second-order valence-electron chi connectivity index (χ2n) is 4.56. The Balaban J connectivity index is 2.38. The van der Waals surface area contributed by atoms with Crippen LogP contribution in [0, 0.1) is 6.92 Å². The van der Waals surface area contributed by atoms with Gasteiger partial charge < -0.3 is 4.74 Å². The fourth-order valence-electron chi connectivity index (χ4n) is 1.75. The highest BCUT2D eigenvalue weighted by molar-refractivity contribution is 9.10. The quantitative estimate of drug-likeness (QED) is 0.810. The Kier molecular flexibility index (Phi) is 4.90. The van der Waals surface area contributed by atoms with Crippen molar-refractivity contribution in [3.63, 3.8) is 0 Å². The topological polar surface area (TPSA) is 55.4 Å². The minimum absolute atomic E-state index is 0.212. The van der Waals surface area contributed by atoms with Crippen molar-refractivity contribution >= 4 is 31.6 Å². The molecule has 0 spiro atoms. The second kappa shape index (κ2) is 6.40. The predicted octanol–water partition coefficient (Wildman–Crippen LogP) is 4.46. The number of benzene rings is 2. The van der Waals surface area contributed by atoms with Crippen LogP contribution in [-0.4, -0.2) is 14.8 Å². The first kappa shape index (κ1) is 17.6. The van der Waals surface area contributed by atoms with Gasteiger partial charge in [-0.1, -0.05) is 34.1 Å². The Labute approximate surface area is 139 Å². The molecule has 0 unspecified atom stereocenters. The summed E-state index contributed by atoms with van der Waals surface area (Å²) < 4.78 is 68.5. The highest BCUT2D eigenvalue weighted by atomic mass is 79.9. The van der Waals surface area contributed by atoms with Gasteiger partial charge in [0.05, 0.1) is 0 Å². The molecule has 0 amide bonds. The van der Waals surface area contributed by atoms with Crippen molar-refractivity contribution in [3.05, 3.63) is 52.5 Å². The molecule has 0 heterocycles. The van der Waals surface area contributed by atoms with E-state index in [1.807, 2.05) is 6.92 Å². The van der Waals surface area contributed by atoms with Gasteiger partial charge in [-0.2, -0.15) is 0 Å². The molecule has 1 N–H and O–H groups in total. The smallest absolute Gasteiger partial charge is 0.404 e. The molecule has 0 fully saturated rings. The average molecular weight is 410 g/mol. The van der Waals surface area contributed by atoms with E-state index in [1.165, 1.54) is 24.3 Å². The maximum absolute atomic E-state index is 12.4. The van der Waals surface area contributed by atoms with E-state index in [4.69, 9.17) is 0 Å². The molecular weight excluding hydrogens is 399 g/mol. The van der Waals surface area contributed by atoms with Gasteiger partial charge >= 0.3 is 6.36 Å². The summed E-state index contributed by atoms with van der Waals surface area (Å²) in [5.74, 6) is -0.793. The Morgan fingerprint density at radius 1 is 1.13 bits per heavy atom. The van der Waals surface area contributed by atoms with Gasteiger partial charge in [0.25, 0.3) is 10.0 Å². The molecular formula is C14H11BrF3NO3S. The number of hydrogen-bond donors (Lipinski definition) is 1. The molecule has 2 aromatic rings. The van der Waals surface area contributed by atoms with Crippen LogP contribution in [-0.2, 0) is 10.0 Å². The van der Waals surface area contributed by atoms with E-state index >= 15 is 0 Å². The third-order valence-electron chi connectivity index (χ3n) is 2.79. The SMILES string of the molecule is Cc1ccc(NS(=O)(=O)c2ccccc2OC(F)(F)F)cc1Br. The van der Waals surface area contributed by atoms with Crippen molar-refractivity contribution in [2.24, 2.45) is 0 Å². The van der Waals surface area contributed by atoms with Gasteiger partial charge in [-0.25, -0.2) is 8.42 Å². The van der Waals surface area contributed by atoms with Crippen LogP contribution in [0.25, 0.3) is 0 Å². The fourth-order valence-corrected chi connectivity index (χ4v) is 3.31. The number of aryl methyl sites for hydroxylation is 1. The summed E-state index contributed by atoms with van der Waals surface area (Å²) in [4.78, 5) is -0.603. The molecule has 0 bridgehead atoms. The minimum atomic E-state index is -4.99. The zero-order valence-electron chi connectivity index (χ0n) is 11.7. The predicted molar refractivity (Wildman–Crippen MR) is 82.8 cm³/mol. The summed E-state index contributed by atoms with van der Waals surface area (Å²) in [6.07, 6.45) is -4.99. The van der Waals surface area contributed by atoms with Gasteiger partial charge in [-0.15, -0.1) is 13.2 Å². The number of halogens is 4. The molecule has 0 aliphatic heterocycles. The number of alkyl halides is 3. The lowest BCUT2D eigenvalue weighted by Crippen LogP contribution is -2.20.